The average Bonchev–Trinajstić information content (AvgIpc) is 2.77. The maximum atomic E-state index is 11.6. The molecule has 5 heteroatoms. The van der Waals surface area contributed by atoms with E-state index in [1.807, 2.05) is 6.20 Å². The molecule has 1 aromatic rings. The Morgan fingerprint density at radius 2 is 2.33 bits per heavy atom. The molecule has 0 spiro atoms. The van der Waals surface area contributed by atoms with Crippen molar-refractivity contribution in [1.29, 1.82) is 0 Å². The Bertz CT molecular complexity index is 344. The van der Waals surface area contributed by atoms with Crippen LogP contribution in [0.15, 0.2) is 12.4 Å². The second kappa shape index (κ2) is 4.96. The molecule has 1 amide bonds. The smallest absolute Gasteiger partial charge is 0.241 e. The van der Waals surface area contributed by atoms with Gasteiger partial charge in [0, 0.05) is 12.2 Å². The van der Waals surface area contributed by atoms with Gasteiger partial charge in [-0.25, -0.2) is 0 Å². The lowest BCUT2D eigenvalue weighted by Gasteiger charge is -2.11. The van der Waals surface area contributed by atoms with Gasteiger partial charge in [0.15, 0.2) is 0 Å². The Hall–Kier alpha value is -0.590. The molecule has 0 radical (unpaired) electrons. The molecule has 82 valence electrons. The predicted molar refractivity (Wildman–Crippen MR) is 65.3 cm³/mol. The van der Waals surface area contributed by atoms with Crippen LogP contribution in [0.3, 0.4) is 0 Å². The summed E-state index contributed by atoms with van der Waals surface area (Å²) in [6.07, 6.45) is 8.36. The van der Waals surface area contributed by atoms with Crippen molar-refractivity contribution in [3.8, 4) is 0 Å². The predicted octanol–water partition coefficient (Wildman–Crippen LogP) is 1.55. The molecule has 1 aromatic heterocycles. The SMILES string of the molecule is O=C(Cn1cc(I)cn1)NC1CCCC1. The summed E-state index contributed by atoms with van der Waals surface area (Å²) in [6, 6.07) is 0.395. The first-order valence-electron chi connectivity index (χ1n) is 5.21. The van der Waals surface area contributed by atoms with Crippen molar-refractivity contribution in [3.05, 3.63) is 16.0 Å². The summed E-state index contributed by atoms with van der Waals surface area (Å²) >= 11 is 2.18. The number of hydrogen-bond acceptors (Lipinski definition) is 2. The fraction of sp³-hybridized carbons (Fsp3) is 0.600. The molecule has 1 aliphatic rings. The molecule has 4 nitrogen and oxygen atoms in total. The minimum Gasteiger partial charge on any atom is -0.352 e. The summed E-state index contributed by atoms with van der Waals surface area (Å²) in [5.74, 6) is 0.0707. The van der Waals surface area contributed by atoms with Gasteiger partial charge in [-0.1, -0.05) is 12.8 Å². The van der Waals surface area contributed by atoms with E-state index in [4.69, 9.17) is 0 Å². The number of hydrogen-bond donors (Lipinski definition) is 1. The molecule has 2 rings (SSSR count). The minimum atomic E-state index is 0.0707. The molecule has 0 bridgehead atoms. The summed E-state index contributed by atoms with van der Waals surface area (Å²) in [7, 11) is 0. The van der Waals surface area contributed by atoms with Crippen LogP contribution in [0.4, 0.5) is 0 Å². The lowest BCUT2D eigenvalue weighted by molar-refractivity contribution is -0.122. The Morgan fingerprint density at radius 3 is 2.93 bits per heavy atom. The number of nitrogens with one attached hydrogen (secondary N) is 1. The Morgan fingerprint density at radius 1 is 1.60 bits per heavy atom. The van der Waals surface area contributed by atoms with Crippen molar-refractivity contribution in [2.75, 3.05) is 0 Å². The second-order valence-corrected chi connectivity index (χ2v) is 5.15. The van der Waals surface area contributed by atoms with Crippen LogP contribution in [-0.4, -0.2) is 21.7 Å². The lowest BCUT2D eigenvalue weighted by Crippen LogP contribution is -2.35. The molecule has 1 heterocycles. The summed E-state index contributed by atoms with van der Waals surface area (Å²) in [5.41, 5.74) is 0. The third-order valence-electron chi connectivity index (χ3n) is 2.63. The monoisotopic (exact) mass is 319 g/mol. The molecule has 1 saturated carbocycles. The van der Waals surface area contributed by atoms with Crippen molar-refractivity contribution in [3.63, 3.8) is 0 Å². The molecule has 1 fully saturated rings. The van der Waals surface area contributed by atoms with E-state index in [0.29, 0.717) is 12.6 Å². The van der Waals surface area contributed by atoms with E-state index in [1.54, 1.807) is 10.9 Å². The van der Waals surface area contributed by atoms with E-state index in [1.165, 1.54) is 12.8 Å². The molecule has 0 atom stereocenters. The van der Waals surface area contributed by atoms with Crippen LogP contribution in [0.2, 0.25) is 0 Å². The van der Waals surface area contributed by atoms with Crippen molar-refractivity contribution < 1.29 is 4.79 Å². The Labute approximate surface area is 103 Å². The second-order valence-electron chi connectivity index (χ2n) is 3.91. The summed E-state index contributed by atoms with van der Waals surface area (Å²) in [5, 5.41) is 7.11. The summed E-state index contributed by atoms with van der Waals surface area (Å²) in [6.45, 7) is 0.333. The third-order valence-corrected chi connectivity index (χ3v) is 3.18. The molecule has 0 aromatic carbocycles. The van der Waals surface area contributed by atoms with Gasteiger partial charge in [-0.15, -0.1) is 0 Å². The van der Waals surface area contributed by atoms with E-state index in [0.717, 1.165) is 16.4 Å². The molecule has 1 aliphatic carbocycles. The van der Waals surface area contributed by atoms with E-state index in [-0.39, 0.29) is 5.91 Å². The van der Waals surface area contributed by atoms with E-state index < -0.39 is 0 Å². The number of rotatable bonds is 3. The first-order chi connectivity index (χ1) is 7.24. The van der Waals surface area contributed by atoms with Crippen molar-refractivity contribution in [1.82, 2.24) is 15.1 Å². The maximum absolute atomic E-state index is 11.6. The van der Waals surface area contributed by atoms with Crippen LogP contribution in [0.1, 0.15) is 25.7 Å². The zero-order chi connectivity index (χ0) is 10.7. The fourth-order valence-corrected chi connectivity index (χ4v) is 2.36. The van der Waals surface area contributed by atoms with E-state index in [9.17, 15) is 4.79 Å². The minimum absolute atomic E-state index is 0.0707. The normalized spacial score (nSPS) is 16.9. The van der Waals surface area contributed by atoms with Crippen LogP contribution in [0, 0.1) is 3.57 Å². The van der Waals surface area contributed by atoms with Crippen LogP contribution in [0.5, 0.6) is 0 Å². The average molecular weight is 319 g/mol. The molecule has 0 saturated heterocycles. The summed E-state index contributed by atoms with van der Waals surface area (Å²) in [4.78, 5) is 11.6. The maximum Gasteiger partial charge on any atom is 0.241 e. The molecule has 0 aliphatic heterocycles. The van der Waals surface area contributed by atoms with Crippen molar-refractivity contribution in [2.45, 2.75) is 38.3 Å². The van der Waals surface area contributed by atoms with Crippen molar-refractivity contribution >= 4 is 28.5 Å². The number of nitrogens with zero attached hydrogens (tertiary/aromatic N) is 2. The largest absolute Gasteiger partial charge is 0.352 e. The quantitative estimate of drug-likeness (QED) is 0.859. The fourth-order valence-electron chi connectivity index (χ4n) is 1.92. The van der Waals surface area contributed by atoms with E-state index in [2.05, 4.69) is 33.0 Å². The van der Waals surface area contributed by atoms with Crippen LogP contribution >= 0.6 is 22.6 Å². The molecule has 0 unspecified atom stereocenters. The van der Waals surface area contributed by atoms with Crippen LogP contribution in [-0.2, 0) is 11.3 Å². The highest BCUT2D eigenvalue weighted by molar-refractivity contribution is 14.1. The van der Waals surface area contributed by atoms with Crippen molar-refractivity contribution in [2.24, 2.45) is 0 Å². The van der Waals surface area contributed by atoms with Gasteiger partial charge in [-0.3, -0.25) is 9.48 Å². The summed E-state index contributed by atoms with van der Waals surface area (Å²) < 4.78 is 2.73. The van der Waals surface area contributed by atoms with Crippen LogP contribution < -0.4 is 5.32 Å². The van der Waals surface area contributed by atoms with E-state index >= 15 is 0 Å². The van der Waals surface area contributed by atoms with Gasteiger partial charge in [-0.2, -0.15) is 5.10 Å². The lowest BCUT2D eigenvalue weighted by atomic mass is 10.2. The molecular weight excluding hydrogens is 305 g/mol. The van der Waals surface area contributed by atoms with Gasteiger partial charge in [0.1, 0.15) is 6.54 Å². The zero-order valence-electron chi connectivity index (χ0n) is 8.45. The Kier molecular flexibility index (Phi) is 3.61. The molecular formula is C10H14IN3O. The highest BCUT2D eigenvalue weighted by Crippen LogP contribution is 2.17. The first kappa shape index (κ1) is 10.9. The van der Waals surface area contributed by atoms with Gasteiger partial charge >= 0.3 is 0 Å². The molecule has 1 N–H and O–H groups in total. The Balaban J connectivity index is 1.81. The van der Waals surface area contributed by atoms with Gasteiger partial charge in [0.25, 0.3) is 0 Å². The van der Waals surface area contributed by atoms with Gasteiger partial charge < -0.3 is 5.32 Å². The number of carbonyl (C=O) groups is 1. The highest BCUT2D eigenvalue weighted by Gasteiger charge is 2.17. The number of aromatic nitrogens is 2. The number of carbonyl (C=O) groups excluding carboxylic acids is 1. The zero-order valence-corrected chi connectivity index (χ0v) is 10.6. The molecule has 15 heavy (non-hydrogen) atoms. The number of halogens is 1. The van der Waals surface area contributed by atoms with Gasteiger partial charge in [0.2, 0.25) is 5.91 Å². The topological polar surface area (TPSA) is 46.9 Å². The first-order valence-corrected chi connectivity index (χ1v) is 6.29. The standard InChI is InChI=1S/C10H14IN3O/c11-8-5-12-14(6-8)7-10(15)13-9-3-1-2-4-9/h5-6,9H,1-4,7H2,(H,13,15). The third kappa shape index (κ3) is 3.19. The van der Waals surface area contributed by atoms with Gasteiger partial charge in [-0.05, 0) is 35.4 Å². The highest BCUT2D eigenvalue weighted by atomic mass is 127. The number of amides is 1. The van der Waals surface area contributed by atoms with Crippen LogP contribution in [0.25, 0.3) is 0 Å². The van der Waals surface area contributed by atoms with Gasteiger partial charge in [0.05, 0.1) is 9.77 Å².